The monoisotopic (exact) mass is 562 g/mol. The molecule has 3 rings (SSSR count). The van der Waals surface area contributed by atoms with Crippen molar-refractivity contribution in [1.82, 2.24) is 4.83 Å². The molecular formula is C27H34N2O9S. The van der Waals surface area contributed by atoms with Crippen LogP contribution in [0.4, 0.5) is 0 Å². The number of phenols is 1. The molecule has 0 aromatic heterocycles. The molecule has 0 radical (unpaired) electrons. The van der Waals surface area contributed by atoms with Crippen LogP contribution in [0.15, 0.2) is 52.5 Å². The number of esters is 2. The topological polar surface area (TPSA) is 161 Å². The summed E-state index contributed by atoms with van der Waals surface area (Å²) >= 11 is 0. The largest absolute Gasteiger partial charge is 0.504 e. The Morgan fingerprint density at radius 2 is 1.69 bits per heavy atom. The van der Waals surface area contributed by atoms with Crippen molar-refractivity contribution in [2.24, 2.45) is 16.9 Å². The number of nitrogens with one attached hydrogen (secondary N) is 1. The summed E-state index contributed by atoms with van der Waals surface area (Å²) in [5, 5.41) is 26.1. The van der Waals surface area contributed by atoms with Crippen LogP contribution in [0, 0.1) is 18.8 Å². The molecule has 212 valence electrons. The zero-order valence-corrected chi connectivity index (χ0v) is 23.3. The van der Waals surface area contributed by atoms with Crippen LogP contribution in [0.3, 0.4) is 0 Å². The maximum Gasteiger partial charge on any atom is 0.315 e. The molecule has 1 aliphatic rings. The number of carbonyl (C=O) groups is 2. The summed E-state index contributed by atoms with van der Waals surface area (Å²) in [5.74, 6) is -5.37. The van der Waals surface area contributed by atoms with Crippen LogP contribution in [-0.2, 0) is 29.1 Å². The molecule has 4 atom stereocenters. The highest BCUT2D eigenvalue weighted by molar-refractivity contribution is 7.89. The van der Waals surface area contributed by atoms with Crippen LogP contribution in [0.1, 0.15) is 44.2 Å². The summed E-state index contributed by atoms with van der Waals surface area (Å²) in [6.07, 6.45) is -0.338. The van der Waals surface area contributed by atoms with Gasteiger partial charge in [-0.1, -0.05) is 23.8 Å². The molecule has 1 fully saturated rings. The number of hydrogen-bond donors (Lipinski definition) is 3. The van der Waals surface area contributed by atoms with Crippen molar-refractivity contribution < 1.29 is 42.4 Å². The third kappa shape index (κ3) is 6.51. The molecule has 0 saturated heterocycles. The number of sulfonamides is 1. The Morgan fingerprint density at radius 1 is 1.08 bits per heavy atom. The molecule has 0 bridgehead atoms. The van der Waals surface area contributed by atoms with E-state index in [9.17, 15) is 28.2 Å². The highest BCUT2D eigenvalue weighted by Gasteiger charge is 2.56. The van der Waals surface area contributed by atoms with Crippen LogP contribution in [-0.4, -0.2) is 62.2 Å². The fourth-order valence-electron chi connectivity index (χ4n) is 4.82. The second kappa shape index (κ2) is 12.0. The zero-order chi connectivity index (χ0) is 29.0. The first-order valence-corrected chi connectivity index (χ1v) is 13.9. The fourth-order valence-corrected chi connectivity index (χ4v) is 5.65. The van der Waals surface area contributed by atoms with E-state index in [0.717, 1.165) is 5.56 Å². The van der Waals surface area contributed by atoms with Gasteiger partial charge < -0.3 is 24.4 Å². The number of nitrogens with zero attached hydrogens (tertiary/aromatic N) is 1. The molecule has 11 nitrogen and oxygen atoms in total. The predicted molar refractivity (Wildman–Crippen MR) is 142 cm³/mol. The zero-order valence-electron chi connectivity index (χ0n) is 22.5. The lowest BCUT2D eigenvalue weighted by Gasteiger charge is -2.45. The Morgan fingerprint density at radius 3 is 2.26 bits per heavy atom. The lowest BCUT2D eigenvalue weighted by Crippen LogP contribution is -2.55. The van der Waals surface area contributed by atoms with Crippen LogP contribution in [0.2, 0.25) is 0 Å². The number of aryl methyl sites for hydroxylation is 1. The average Bonchev–Trinajstić information content (AvgIpc) is 2.87. The van der Waals surface area contributed by atoms with Crippen LogP contribution in [0.25, 0.3) is 0 Å². The van der Waals surface area contributed by atoms with E-state index < -0.39 is 45.3 Å². The van der Waals surface area contributed by atoms with E-state index in [2.05, 4.69) is 9.93 Å². The molecule has 0 aliphatic heterocycles. The Bertz CT molecular complexity index is 1340. The maximum absolute atomic E-state index is 13.4. The molecule has 1 aliphatic carbocycles. The molecule has 3 N–H and O–H groups in total. The molecule has 0 unspecified atom stereocenters. The SMILES string of the molecule is CCOC(=O)[C@@H]1/C(=N\NS(=O)(=O)c2ccc(C)cc2)C[C@](C)(O)[C@H](C(=O)OCC)[C@@H]1c1ccc(OC)c(O)c1. The maximum atomic E-state index is 13.4. The average molecular weight is 563 g/mol. The first-order chi connectivity index (χ1) is 18.4. The second-order valence-electron chi connectivity index (χ2n) is 9.46. The van der Waals surface area contributed by atoms with E-state index in [4.69, 9.17) is 14.2 Å². The highest BCUT2D eigenvalue weighted by Crippen LogP contribution is 2.48. The van der Waals surface area contributed by atoms with Gasteiger partial charge in [-0.15, -0.1) is 0 Å². The minimum absolute atomic E-state index is 0.00123. The van der Waals surface area contributed by atoms with Crippen molar-refractivity contribution in [3.63, 3.8) is 0 Å². The number of aliphatic hydroxyl groups is 1. The normalized spacial score (nSPS) is 24.2. The summed E-state index contributed by atoms with van der Waals surface area (Å²) in [7, 11) is -2.76. The molecule has 0 heterocycles. The standard InChI is InChI=1S/C27H34N2O9S/c1-6-37-25(31)23-19(28-29-39(34,35)18-11-8-16(3)9-12-18)15-27(4,33)24(26(32)38-7-2)22(23)17-10-13-21(36-5)20(30)14-17/h8-14,22-24,29-30,33H,6-7,15H2,1-5H3/b28-19-/t22-,23-,24+,27+/m1/s1. The minimum atomic E-state index is -4.13. The molecule has 39 heavy (non-hydrogen) atoms. The van der Waals surface area contributed by atoms with Crippen molar-refractivity contribution in [1.29, 1.82) is 0 Å². The summed E-state index contributed by atoms with van der Waals surface area (Å²) in [4.78, 5) is 28.7. The number of rotatable bonds is 9. The first-order valence-electron chi connectivity index (χ1n) is 12.4. The van der Waals surface area contributed by atoms with Gasteiger partial charge in [0.1, 0.15) is 5.92 Å². The molecule has 2 aromatic rings. The molecule has 2 aromatic carbocycles. The van der Waals surface area contributed by atoms with E-state index >= 15 is 0 Å². The van der Waals surface area contributed by atoms with Gasteiger partial charge in [-0.25, -0.2) is 4.83 Å². The van der Waals surface area contributed by atoms with Crippen molar-refractivity contribution in [3.05, 3.63) is 53.6 Å². The molecule has 0 spiro atoms. The molecule has 1 saturated carbocycles. The van der Waals surface area contributed by atoms with Gasteiger partial charge in [0.05, 0.1) is 42.4 Å². The second-order valence-corrected chi connectivity index (χ2v) is 11.1. The number of hydrazone groups is 1. The number of phenolic OH excluding ortho intramolecular Hbond substituents is 1. The van der Waals surface area contributed by atoms with Gasteiger partial charge in [-0.2, -0.15) is 13.5 Å². The van der Waals surface area contributed by atoms with Crippen LogP contribution in [0.5, 0.6) is 11.5 Å². The van der Waals surface area contributed by atoms with E-state index in [-0.39, 0.29) is 41.7 Å². The molecule has 0 amide bonds. The van der Waals surface area contributed by atoms with E-state index in [0.29, 0.717) is 5.56 Å². The van der Waals surface area contributed by atoms with Crippen molar-refractivity contribution >= 4 is 27.7 Å². The third-order valence-corrected chi connectivity index (χ3v) is 7.82. The summed E-state index contributed by atoms with van der Waals surface area (Å²) in [6.45, 7) is 6.43. The number of aromatic hydroxyl groups is 1. The van der Waals surface area contributed by atoms with Crippen molar-refractivity contribution in [3.8, 4) is 11.5 Å². The van der Waals surface area contributed by atoms with Crippen LogP contribution < -0.4 is 9.57 Å². The first kappa shape index (κ1) is 29.9. The van der Waals surface area contributed by atoms with Gasteiger partial charge in [-0.05, 0) is 57.5 Å². The van der Waals surface area contributed by atoms with Crippen LogP contribution >= 0.6 is 0 Å². The fraction of sp³-hybridized carbons (Fsp3) is 0.444. The summed E-state index contributed by atoms with van der Waals surface area (Å²) < 4.78 is 41.6. The van der Waals surface area contributed by atoms with E-state index in [1.807, 2.05) is 6.92 Å². The molecule has 12 heteroatoms. The van der Waals surface area contributed by atoms with Gasteiger partial charge in [0.15, 0.2) is 11.5 Å². The Balaban J connectivity index is 2.19. The van der Waals surface area contributed by atoms with Crippen molar-refractivity contribution in [2.45, 2.75) is 50.5 Å². The lowest BCUT2D eigenvalue weighted by molar-refractivity contribution is -0.163. The quantitative estimate of drug-likeness (QED) is 0.308. The van der Waals surface area contributed by atoms with E-state index in [1.54, 1.807) is 26.0 Å². The Hall–Kier alpha value is -3.64. The smallest absolute Gasteiger partial charge is 0.315 e. The number of carbonyl (C=O) groups excluding carboxylic acids is 2. The number of ether oxygens (including phenoxy) is 3. The van der Waals surface area contributed by atoms with Gasteiger partial charge in [0.2, 0.25) is 0 Å². The van der Waals surface area contributed by atoms with E-state index in [1.165, 1.54) is 44.4 Å². The third-order valence-electron chi connectivity index (χ3n) is 6.60. The number of benzene rings is 2. The number of methoxy groups -OCH3 is 1. The lowest BCUT2D eigenvalue weighted by atomic mass is 9.61. The van der Waals surface area contributed by atoms with Crippen molar-refractivity contribution in [2.75, 3.05) is 20.3 Å². The summed E-state index contributed by atoms with van der Waals surface area (Å²) in [6, 6.07) is 10.4. The van der Waals surface area contributed by atoms with Gasteiger partial charge in [0, 0.05) is 12.3 Å². The van der Waals surface area contributed by atoms with Gasteiger partial charge in [-0.3, -0.25) is 9.59 Å². The van der Waals surface area contributed by atoms with Gasteiger partial charge >= 0.3 is 11.9 Å². The minimum Gasteiger partial charge on any atom is -0.504 e. The Kier molecular flexibility index (Phi) is 9.23. The Labute approximate surface area is 227 Å². The summed E-state index contributed by atoms with van der Waals surface area (Å²) in [5.41, 5.74) is -0.709. The van der Waals surface area contributed by atoms with Gasteiger partial charge in [0.25, 0.3) is 10.0 Å². The predicted octanol–water partition coefficient (Wildman–Crippen LogP) is 2.64. The highest BCUT2D eigenvalue weighted by atomic mass is 32.2. The number of hydrogen-bond acceptors (Lipinski definition) is 10. The molecular weight excluding hydrogens is 528 g/mol.